The van der Waals surface area contributed by atoms with Gasteiger partial charge in [-0.1, -0.05) is 19.8 Å². The number of rotatable bonds is 2. The molecule has 2 fully saturated rings. The van der Waals surface area contributed by atoms with Crippen molar-refractivity contribution in [2.75, 3.05) is 19.6 Å². The van der Waals surface area contributed by atoms with Gasteiger partial charge in [0.15, 0.2) is 0 Å². The molecule has 2 N–H and O–H groups in total. The summed E-state index contributed by atoms with van der Waals surface area (Å²) in [6.45, 7) is 4.05. The monoisotopic (exact) mass is 275 g/mol. The van der Waals surface area contributed by atoms with Crippen LogP contribution in [-0.2, 0) is 10.2 Å². The summed E-state index contributed by atoms with van der Waals surface area (Å²) in [6, 6.07) is 0. The molecule has 2 rings (SSSR count). The molecule has 0 aromatic heterocycles. The van der Waals surface area contributed by atoms with Crippen LogP contribution in [0.25, 0.3) is 0 Å². The highest BCUT2D eigenvalue weighted by molar-refractivity contribution is 7.86. The molecular formula is C12H25N3O2S. The zero-order valence-electron chi connectivity index (χ0n) is 11.2. The molecule has 106 valence electrons. The van der Waals surface area contributed by atoms with Crippen LogP contribution < -0.4 is 5.73 Å². The predicted octanol–water partition coefficient (Wildman–Crippen LogP) is 1.12. The lowest BCUT2D eigenvalue weighted by Crippen LogP contribution is -2.53. The van der Waals surface area contributed by atoms with Crippen LogP contribution in [0.2, 0.25) is 0 Å². The Hall–Kier alpha value is -0.170. The van der Waals surface area contributed by atoms with Crippen LogP contribution in [0.15, 0.2) is 0 Å². The van der Waals surface area contributed by atoms with Gasteiger partial charge in [-0.05, 0) is 31.6 Å². The van der Waals surface area contributed by atoms with Crippen LogP contribution in [0, 0.1) is 5.92 Å². The van der Waals surface area contributed by atoms with E-state index < -0.39 is 10.2 Å². The fourth-order valence-electron chi connectivity index (χ4n) is 2.76. The minimum absolute atomic E-state index is 0.336. The molecule has 18 heavy (non-hydrogen) atoms. The Labute approximate surface area is 110 Å². The average Bonchev–Trinajstić information content (AvgIpc) is 2.55. The van der Waals surface area contributed by atoms with Gasteiger partial charge in [-0.15, -0.1) is 0 Å². The molecule has 0 aromatic rings. The topological polar surface area (TPSA) is 66.6 Å². The van der Waals surface area contributed by atoms with E-state index in [-0.39, 0.29) is 6.17 Å². The second-order valence-electron chi connectivity index (χ2n) is 5.62. The molecule has 2 aliphatic heterocycles. The summed E-state index contributed by atoms with van der Waals surface area (Å²) in [7, 11) is -3.34. The van der Waals surface area contributed by atoms with Crippen molar-refractivity contribution in [2.24, 2.45) is 11.7 Å². The molecule has 2 heterocycles. The van der Waals surface area contributed by atoms with E-state index >= 15 is 0 Å². The Morgan fingerprint density at radius 2 is 1.67 bits per heavy atom. The van der Waals surface area contributed by atoms with Crippen molar-refractivity contribution in [3.63, 3.8) is 0 Å². The van der Waals surface area contributed by atoms with Gasteiger partial charge in [-0.2, -0.15) is 17.0 Å². The molecule has 2 aliphatic rings. The largest absolute Gasteiger partial charge is 0.315 e. The molecule has 1 atom stereocenters. The smallest absolute Gasteiger partial charge is 0.283 e. The van der Waals surface area contributed by atoms with Crippen LogP contribution in [0.1, 0.15) is 45.4 Å². The first kappa shape index (κ1) is 14.2. The van der Waals surface area contributed by atoms with Crippen molar-refractivity contribution in [1.29, 1.82) is 0 Å². The molecule has 0 aliphatic carbocycles. The molecule has 0 amide bonds. The molecule has 6 heteroatoms. The number of piperidine rings is 1. The minimum Gasteiger partial charge on any atom is -0.315 e. The van der Waals surface area contributed by atoms with Crippen molar-refractivity contribution in [3.05, 3.63) is 0 Å². The van der Waals surface area contributed by atoms with E-state index in [2.05, 4.69) is 6.92 Å². The SMILES string of the molecule is CC1CCN(S(=O)(=O)N2CCCCCC2N)CC1. The zero-order valence-corrected chi connectivity index (χ0v) is 12.0. The summed E-state index contributed by atoms with van der Waals surface area (Å²) in [5, 5.41) is 0. The molecule has 1 unspecified atom stereocenters. The highest BCUT2D eigenvalue weighted by atomic mass is 32.2. The van der Waals surface area contributed by atoms with E-state index in [9.17, 15) is 8.42 Å². The van der Waals surface area contributed by atoms with Gasteiger partial charge < -0.3 is 5.73 Å². The van der Waals surface area contributed by atoms with Crippen LogP contribution in [0.3, 0.4) is 0 Å². The van der Waals surface area contributed by atoms with Crippen LogP contribution in [0.5, 0.6) is 0 Å². The summed E-state index contributed by atoms with van der Waals surface area (Å²) in [5.41, 5.74) is 6.02. The van der Waals surface area contributed by atoms with Gasteiger partial charge in [0.2, 0.25) is 0 Å². The summed E-state index contributed by atoms with van der Waals surface area (Å²) in [5.74, 6) is 0.634. The predicted molar refractivity (Wildman–Crippen MR) is 72.0 cm³/mol. The van der Waals surface area contributed by atoms with Crippen molar-refractivity contribution in [2.45, 2.75) is 51.6 Å². The summed E-state index contributed by atoms with van der Waals surface area (Å²) < 4.78 is 28.3. The minimum atomic E-state index is -3.34. The molecule has 0 spiro atoms. The van der Waals surface area contributed by atoms with E-state index in [1.165, 1.54) is 4.31 Å². The lowest BCUT2D eigenvalue weighted by molar-refractivity contribution is 0.246. The third kappa shape index (κ3) is 3.04. The molecule has 0 bridgehead atoms. The molecule has 2 saturated heterocycles. The lowest BCUT2D eigenvalue weighted by Gasteiger charge is -2.35. The second kappa shape index (κ2) is 5.86. The number of hydrogen-bond donors (Lipinski definition) is 1. The number of hydrogen-bond acceptors (Lipinski definition) is 3. The first-order valence-electron chi connectivity index (χ1n) is 7.04. The first-order chi connectivity index (χ1) is 8.51. The number of nitrogens with two attached hydrogens (primary N) is 1. The maximum Gasteiger partial charge on any atom is 0.283 e. The fourth-order valence-corrected chi connectivity index (χ4v) is 4.53. The van der Waals surface area contributed by atoms with Crippen molar-refractivity contribution in [3.8, 4) is 0 Å². The van der Waals surface area contributed by atoms with Gasteiger partial charge in [-0.3, -0.25) is 0 Å². The van der Waals surface area contributed by atoms with E-state index in [0.29, 0.717) is 25.6 Å². The van der Waals surface area contributed by atoms with E-state index in [1.807, 2.05) is 0 Å². The van der Waals surface area contributed by atoms with E-state index in [0.717, 1.165) is 38.5 Å². The molecule has 0 saturated carbocycles. The highest BCUT2D eigenvalue weighted by Crippen LogP contribution is 2.24. The van der Waals surface area contributed by atoms with Gasteiger partial charge in [0, 0.05) is 19.6 Å². The molecular weight excluding hydrogens is 250 g/mol. The molecule has 5 nitrogen and oxygen atoms in total. The fraction of sp³-hybridized carbons (Fsp3) is 1.00. The van der Waals surface area contributed by atoms with Gasteiger partial charge in [0.05, 0.1) is 6.17 Å². The van der Waals surface area contributed by atoms with E-state index in [4.69, 9.17) is 5.73 Å². The standard InChI is InChI=1S/C12H25N3O2S/c1-11-6-9-14(10-7-11)18(16,17)15-8-4-2-3-5-12(15)13/h11-12H,2-10,13H2,1H3. The van der Waals surface area contributed by atoms with E-state index in [1.54, 1.807) is 4.31 Å². The van der Waals surface area contributed by atoms with Gasteiger partial charge >= 0.3 is 0 Å². The molecule has 0 aromatic carbocycles. The first-order valence-corrected chi connectivity index (χ1v) is 8.44. The maximum absolute atomic E-state index is 12.6. The Kier molecular flexibility index (Phi) is 4.64. The summed E-state index contributed by atoms with van der Waals surface area (Å²) in [6.07, 6.45) is 5.41. The quantitative estimate of drug-likeness (QED) is 0.821. The number of nitrogens with zero attached hydrogens (tertiary/aromatic N) is 2. The maximum atomic E-state index is 12.6. The Morgan fingerprint density at radius 3 is 2.33 bits per heavy atom. The van der Waals surface area contributed by atoms with Gasteiger partial charge in [0.25, 0.3) is 10.2 Å². The second-order valence-corrected chi connectivity index (χ2v) is 7.50. The lowest BCUT2D eigenvalue weighted by atomic mass is 10.0. The third-order valence-corrected chi connectivity index (χ3v) is 6.18. The van der Waals surface area contributed by atoms with Gasteiger partial charge in [0.1, 0.15) is 0 Å². The van der Waals surface area contributed by atoms with Crippen LogP contribution in [-0.4, -0.2) is 42.8 Å². The Morgan fingerprint density at radius 1 is 1.00 bits per heavy atom. The summed E-state index contributed by atoms with van der Waals surface area (Å²) in [4.78, 5) is 0. The van der Waals surface area contributed by atoms with Crippen molar-refractivity contribution < 1.29 is 8.42 Å². The Balaban J connectivity index is 2.09. The van der Waals surface area contributed by atoms with Gasteiger partial charge in [-0.25, -0.2) is 0 Å². The third-order valence-electron chi connectivity index (χ3n) is 4.11. The molecule has 0 radical (unpaired) electrons. The van der Waals surface area contributed by atoms with Crippen LogP contribution >= 0.6 is 0 Å². The highest BCUT2D eigenvalue weighted by Gasteiger charge is 2.35. The average molecular weight is 275 g/mol. The van der Waals surface area contributed by atoms with Crippen LogP contribution in [0.4, 0.5) is 0 Å². The normalized spacial score (nSPS) is 30.2. The van der Waals surface area contributed by atoms with Crippen molar-refractivity contribution >= 4 is 10.2 Å². The zero-order chi connectivity index (χ0) is 13.2. The summed E-state index contributed by atoms with van der Waals surface area (Å²) >= 11 is 0. The Bertz CT molecular complexity index is 364. The van der Waals surface area contributed by atoms with Crippen molar-refractivity contribution in [1.82, 2.24) is 8.61 Å².